The summed E-state index contributed by atoms with van der Waals surface area (Å²) < 4.78 is 5.27. The first-order valence-corrected chi connectivity index (χ1v) is 9.21. The summed E-state index contributed by atoms with van der Waals surface area (Å²) in [5, 5.41) is 0.681. The van der Waals surface area contributed by atoms with E-state index >= 15 is 0 Å². The van der Waals surface area contributed by atoms with Crippen LogP contribution < -0.4 is 0 Å². The van der Waals surface area contributed by atoms with Gasteiger partial charge in [0.1, 0.15) is 0 Å². The molecule has 0 spiro atoms. The Morgan fingerprint density at radius 3 is 2.62 bits per heavy atom. The molecule has 0 atom stereocenters. The lowest BCUT2D eigenvalue weighted by atomic mass is 9.92. The second-order valence-electron chi connectivity index (χ2n) is 5.74. The zero-order chi connectivity index (χ0) is 17.1. The molecule has 0 amide bonds. The fraction of sp³-hybridized carbons (Fsp3) is 0.250. The Kier molecular flexibility index (Phi) is 5.32. The maximum absolute atomic E-state index is 12.4. The Balaban J connectivity index is 2.07. The number of hydrogen-bond donors (Lipinski definition) is 0. The number of benzene rings is 2. The monoisotopic (exact) mass is 358 g/mol. The lowest BCUT2D eigenvalue weighted by Gasteiger charge is -2.22. The Hall–Kier alpha value is -1.71. The molecule has 0 aromatic heterocycles. The SMILES string of the molecule is CCOC(=O)C1=C(Sc2ccc(C)cc2)c2cc(Cl)ccc2CC1. The summed E-state index contributed by atoms with van der Waals surface area (Å²) >= 11 is 7.81. The predicted molar refractivity (Wildman–Crippen MR) is 100 cm³/mol. The Bertz CT molecular complexity index is 794. The highest BCUT2D eigenvalue weighted by Crippen LogP contribution is 2.43. The van der Waals surface area contributed by atoms with E-state index < -0.39 is 0 Å². The number of hydrogen-bond acceptors (Lipinski definition) is 3. The molecule has 4 heteroatoms. The van der Waals surface area contributed by atoms with Crippen LogP contribution in [0.2, 0.25) is 5.02 Å². The van der Waals surface area contributed by atoms with Gasteiger partial charge in [-0.05, 0) is 62.1 Å². The van der Waals surface area contributed by atoms with E-state index in [2.05, 4.69) is 37.3 Å². The van der Waals surface area contributed by atoms with Gasteiger partial charge in [-0.15, -0.1) is 0 Å². The highest BCUT2D eigenvalue weighted by Gasteiger charge is 2.25. The van der Waals surface area contributed by atoms with Crippen LogP contribution >= 0.6 is 23.4 Å². The summed E-state index contributed by atoms with van der Waals surface area (Å²) in [5.41, 5.74) is 4.23. The maximum atomic E-state index is 12.4. The topological polar surface area (TPSA) is 26.3 Å². The third kappa shape index (κ3) is 3.68. The van der Waals surface area contributed by atoms with Gasteiger partial charge in [-0.1, -0.05) is 47.1 Å². The van der Waals surface area contributed by atoms with Crippen LogP contribution in [0.3, 0.4) is 0 Å². The Labute approximate surface area is 151 Å². The molecule has 2 nitrogen and oxygen atoms in total. The van der Waals surface area contributed by atoms with E-state index in [1.807, 2.05) is 19.1 Å². The van der Waals surface area contributed by atoms with E-state index in [-0.39, 0.29) is 5.97 Å². The molecule has 1 aliphatic carbocycles. The summed E-state index contributed by atoms with van der Waals surface area (Å²) in [6.45, 7) is 4.28. The third-order valence-corrected chi connectivity index (χ3v) is 5.41. The van der Waals surface area contributed by atoms with Gasteiger partial charge in [-0.2, -0.15) is 0 Å². The number of ether oxygens (including phenoxy) is 1. The number of fused-ring (bicyclic) bond motifs is 1. The fourth-order valence-corrected chi connectivity index (χ4v) is 4.06. The maximum Gasteiger partial charge on any atom is 0.335 e. The van der Waals surface area contributed by atoms with Crippen LogP contribution in [0.5, 0.6) is 0 Å². The number of aryl methyl sites for hydroxylation is 2. The minimum atomic E-state index is -0.224. The van der Waals surface area contributed by atoms with Crippen molar-refractivity contribution in [3.05, 3.63) is 69.8 Å². The van der Waals surface area contributed by atoms with Crippen LogP contribution in [0, 0.1) is 6.92 Å². The van der Waals surface area contributed by atoms with Crippen molar-refractivity contribution in [1.82, 2.24) is 0 Å². The largest absolute Gasteiger partial charge is 0.463 e. The number of rotatable bonds is 4. The van der Waals surface area contributed by atoms with E-state index in [1.54, 1.807) is 11.8 Å². The van der Waals surface area contributed by atoms with Crippen LogP contribution in [0.4, 0.5) is 0 Å². The van der Waals surface area contributed by atoms with Crippen LogP contribution in [0.25, 0.3) is 4.91 Å². The fourth-order valence-electron chi connectivity index (χ4n) is 2.77. The summed E-state index contributed by atoms with van der Waals surface area (Å²) in [5.74, 6) is -0.224. The zero-order valence-corrected chi connectivity index (χ0v) is 15.3. The molecule has 0 N–H and O–H groups in total. The molecule has 2 aromatic rings. The van der Waals surface area contributed by atoms with Crippen LogP contribution in [0.1, 0.15) is 30.0 Å². The van der Waals surface area contributed by atoms with E-state index in [9.17, 15) is 4.79 Å². The van der Waals surface area contributed by atoms with Crippen LogP contribution in [-0.2, 0) is 16.0 Å². The van der Waals surface area contributed by atoms with Gasteiger partial charge in [0.25, 0.3) is 0 Å². The standard InChI is InChI=1S/C20H19ClO2S/c1-3-23-20(22)17-11-7-14-6-8-15(21)12-18(14)19(17)24-16-9-4-13(2)5-10-16/h4-6,8-10,12H,3,7,11H2,1-2H3. The number of esters is 1. The number of carbonyl (C=O) groups is 1. The predicted octanol–water partition coefficient (Wildman–Crippen LogP) is 5.66. The molecule has 0 unspecified atom stereocenters. The van der Waals surface area contributed by atoms with Gasteiger partial charge < -0.3 is 4.74 Å². The molecule has 124 valence electrons. The minimum Gasteiger partial charge on any atom is -0.463 e. The summed E-state index contributed by atoms with van der Waals surface area (Å²) in [4.78, 5) is 14.5. The van der Waals surface area contributed by atoms with Gasteiger partial charge >= 0.3 is 5.97 Å². The average Bonchev–Trinajstić information content (AvgIpc) is 2.57. The first kappa shape index (κ1) is 17.1. The molecule has 0 fully saturated rings. The highest BCUT2D eigenvalue weighted by atomic mass is 35.5. The summed E-state index contributed by atoms with van der Waals surface area (Å²) in [6, 6.07) is 14.2. The average molecular weight is 359 g/mol. The van der Waals surface area contributed by atoms with Crippen LogP contribution in [-0.4, -0.2) is 12.6 Å². The third-order valence-electron chi connectivity index (χ3n) is 4.00. The van der Waals surface area contributed by atoms with Crippen molar-refractivity contribution in [3.8, 4) is 0 Å². The van der Waals surface area contributed by atoms with Crippen molar-refractivity contribution in [2.24, 2.45) is 0 Å². The molecule has 0 radical (unpaired) electrons. The van der Waals surface area contributed by atoms with Crippen molar-refractivity contribution in [2.75, 3.05) is 6.61 Å². The molecule has 0 bridgehead atoms. The second-order valence-corrected chi connectivity index (χ2v) is 7.26. The second kappa shape index (κ2) is 7.45. The van der Waals surface area contributed by atoms with Crippen molar-refractivity contribution < 1.29 is 9.53 Å². The van der Waals surface area contributed by atoms with Crippen molar-refractivity contribution in [1.29, 1.82) is 0 Å². The Morgan fingerprint density at radius 2 is 1.92 bits per heavy atom. The van der Waals surface area contributed by atoms with Gasteiger partial charge in [0.2, 0.25) is 0 Å². The molecule has 0 saturated heterocycles. The summed E-state index contributed by atoms with van der Waals surface area (Å²) in [7, 11) is 0. The van der Waals surface area contributed by atoms with E-state index in [1.165, 1.54) is 11.1 Å². The molecule has 1 aliphatic rings. The van der Waals surface area contributed by atoms with Gasteiger partial charge in [0, 0.05) is 14.8 Å². The molecule has 24 heavy (non-hydrogen) atoms. The first-order chi connectivity index (χ1) is 11.6. The van der Waals surface area contributed by atoms with E-state index in [4.69, 9.17) is 16.3 Å². The molecular weight excluding hydrogens is 340 g/mol. The molecule has 0 heterocycles. The van der Waals surface area contributed by atoms with Crippen molar-refractivity contribution >= 4 is 34.2 Å². The smallest absolute Gasteiger partial charge is 0.335 e. The van der Waals surface area contributed by atoms with Gasteiger partial charge in [-0.25, -0.2) is 4.79 Å². The quantitative estimate of drug-likeness (QED) is 0.659. The minimum absolute atomic E-state index is 0.224. The lowest BCUT2D eigenvalue weighted by molar-refractivity contribution is -0.138. The molecule has 2 aromatic carbocycles. The normalized spacial score (nSPS) is 13.6. The molecular formula is C20H19ClO2S. The summed E-state index contributed by atoms with van der Waals surface area (Å²) in [6.07, 6.45) is 1.53. The number of halogens is 1. The molecule has 3 rings (SSSR count). The van der Waals surface area contributed by atoms with Gasteiger partial charge in [0.05, 0.1) is 12.2 Å². The lowest BCUT2D eigenvalue weighted by Crippen LogP contribution is -2.14. The highest BCUT2D eigenvalue weighted by molar-refractivity contribution is 8.08. The van der Waals surface area contributed by atoms with Crippen molar-refractivity contribution in [2.45, 2.75) is 31.6 Å². The number of thioether (sulfide) groups is 1. The van der Waals surface area contributed by atoms with E-state index in [0.717, 1.165) is 27.4 Å². The Morgan fingerprint density at radius 1 is 1.17 bits per heavy atom. The van der Waals surface area contributed by atoms with Crippen LogP contribution in [0.15, 0.2) is 52.9 Å². The van der Waals surface area contributed by atoms with Gasteiger partial charge in [0.15, 0.2) is 0 Å². The zero-order valence-electron chi connectivity index (χ0n) is 13.8. The van der Waals surface area contributed by atoms with Crippen molar-refractivity contribution in [3.63, 3.8) is 0 Å². The van der Waals surface area contributed by atoms with Gasteiger partial charge in [-0.3, -0.25) is 0 Å². The number of carbonyl (C=O) groups excluding carboxylic acids is 1. The first-order valence-electron chi connectivity index (χ1n) is 8.02. The van der Waals surface area contributed by atoms with E-state index in [0.29, 0.717) is 18.1 Å². The molecule has 0 aliphatic heterocycles. The molecule has 0 saturated carbocycles.